The molecule has 0 aromatic heterocycles. The second kappa shape index (κ2) is 11.3. The van der Waals surface area contributed by atoms with Crippen LogP contribution in [0.15, 0.2) is 71.6 Å². The molecule has 8 nitrogen and oxygen atoms in total. The van der Waals surface area contributed by atoms with Gasteiger partial charge in [-0.15, -0.1) is 0 Å². The molecule has 0 aliphatic carbocycles. The zero-order valence-electron chi connectivity index (χ0n) is 21.1. The fourth-order valence-corrected chi connectivity index (χ4v) is 6.14. The molecule has 1 saturated heterocycles. The Balaban J connectivity index is 1.28. The highest BCUT2D eigenvalue weighted by molar-refractivity contribution is 7.92. The van der Waals surface area contributed by atoms with Crippen molar-refractivity contribution in [1.82, 2.24) is 10.2 Å². The highest BCUT2D eigenvalue weighted by atomic mass is 35.5. The van der Waals surface area contributed by atoms with E-state index in [1.54, 1.807) is 36.4 Å². The Kier molecular flexibility index (Phi) is 7.90. The molecule has 0 bridgehead atoms. The van der Waals surface area contributed by atoms with Gasteiger partial charge in [0.15, 0.2) is 6.10 Å². The minimum atomic E-state index is -3.96. The number of hydrogen-bond acceptors (Lipinski definition) is 6. The lowest BCUT2D eigenvalue weighted by molar-refractivity contribution is -0.127. The summed E-state index contributed by atoms with van der Waals surface area (Å²) in [5.41, 5.74) is 3.39. The Labute approximate surface area is 228 Å². The van der Waals surface area contributed by atoms with Crippen molar-refractivity contribution in [2.24, 2.45) is 0 Å². The van der Waals surface area contributed by atoms with E-state index in [9.17, 15) is 13.2 Å². The van der Waals surface area contributed by atoms with Crippen molar-refractivity contribution in [3.8, 4) is 5.75 Å². The molecule has 3 aromatic rings. The van der Waals surface area contributed by atoms with Crippen LogP contribution in [0.5, 0.6) is 5.75 Å². The lowest BCUT2D eigenvalue weighted by Gasteiger charge is -2.35. The predicted octanol–water partition coefficient (Wildman–Crippen LogP) is 3.75. The van der Waals surface area contributed by atoms with Gasteiger partial charge in [-0.3, -0.25) is 14.0 Å². The normalized spacial score (nSPS) is 17.9. The molecule has 1 atom stereocenters. The number of ether oxygens (including phenoxy) is 2. The molecule has 2 aliphatic heterocycles. The second-order valence-electron chi connectivity index (χ2n) is 9.49. The number of aryl methyl sites for hydroxylation is 1. The Morgan fingerprint density at radius 1 is 1.00 bits per heavy atom. The van der Waals surface area contributed by atoms with Gasteiger partial charge in [0.2, 0.25) is 0 Å². The minimum Gasteiger partial charge on any atom is -0.476 e. The molecule has 10 heteroatoms. The zero-order valence-corrected chi connectivity index (χ0v) is 22.7. The maximum absolute atomic E-state index is 13.6. The number of nitrogens with one attached hydrogen (secondary N) is 1. The van der Waals surface area contributed by atoms with Gasteiger partial charge < -0.3 is 14.8 Å². The molecule has 200 valence electrons. The quantitative estimate of drug-likeness (QED) is 0.478. The van der Waals surface area contributed by atoms with Gasteiger partial charge >= 0.3 is 0 Å². The maximum Gasteiger partial charge on any atom is 0.264 e. The first-order chi connectivity index (χ1) is 18.3. The number of benzene rings is 3. The van der Waals surface area contributed by atoms with Gasteiger partial charge in [-0.1, -0.05) is 53.6 Å². The first kappa shape index (κ1) is 26.5. The van der Waals surface area contributed by atoms with E-state index in [1.165, 1.54) is 15.9 Å². The van der Waals surface area contributed by atoms with E-state index in [-0.39, 0.29) is 17.2 Å². The number of morpholine rings is 1. The van der Waals surface area contributed by atoms with Crippen LogP contribution < -0.4 is 14.4 Å². The summed E-state index contributed by atoms with van der Waals surface area (Å²) in [5.74, 6) is -0.115. The monoisotopic (exact) mass is 555 g/mol. The fourth-order valence-electron chi connectivity index (χ4n) is 4.51. The molecule has 1 fully saturated rings. The molecule has 38 heavy (non-hydrogen) atoms. The van der Waals surface area contributed by atoms with E-state index in [0.717, 1.165) is 44.0 Å². The maximum atomic E-state index is 13.6. The van der Waals surface area contributed by atoms with Crippen molar-refractivity contribution in [2.75, 3.05) is 37.2 Å². The number of carbonyl (C=O) groups excluding carboxylic acids is 1. The average Bonchev–Trinajstić information content (AvgIpc) is 2.92. The Morgan fingerprint density at radius 3 is 2.39 bits per heavy atom. The summed E-state index contributed by atoms with van der Waals surface area (Å²) >= 11 is 6.18. The van der Waals surface area contributed by atoms with Crippen molar-refractivity contribution in [2.45, 2.75) is 31.0 Å². The molecule has 0 spiro atoms. The van der Waals surface area contributed by atoms with E-state index in [4.69, 9.17) is 21.1 Å². The zero-order chi connectivity index (χ0) is 26.7. The largest absolute Gasteiger partial charge is 0.476 e. The number of fused-ring (bicyclic) bond motifs is 1. The van der Waals surface area contributed by atoms with Gasteiger partial charge in [-0.05, 0) is 48.4 Å². The molecule has 5 rings (SSSR count). The van der Waals surface area contributed by atoms with Crippen LogP contribution in [0.25, 0.3) is 0 Å². The van der Waals surface area contributed by atoms with Crippen LogP contribution in [-0.2, 0) is 32.6 Å². The van der Waals surface area contributed by atoms with Crippen molar-refractivity contribution in [3.63, 3.8) is 0 Å². The number of halogens is 1. The third-order valence-corrected chi connectivity index (χ3v) is 8.72. The molecule has 1 N–H and O–H groups in total. The number of hydrogen-bond donors (Lipinski definition) is 1. The van der Waals surface area contributed by atoms with E-state index in [1.807, 2.05) is 19.1 Å². The van der Waals surface area contributed by atoms with Gasteiger partial charge in [0.05, 0.1) is 30.3 Å². The molecule has 0 saturated carbocycles. The molecule has 1 amide bonds. The van der Waals surface area contributed by atoms with Crippen LogP contribution in [-0.4, -0.2) is 58.2 Å². The molecule has 0 radical (unpaired) electrons. The fraction of sp³-hybridized carbons (Fsp3) is 0.321. The van der Waals surface area contributed by atoms with Crippen molar-refractivity contribution < 1.29 is 22.7 Å². The third kappa shape index (κ3) is 5.96. The van der Waals surface area contributed by atoms with Crippen molar-refractivity contribution in [3.05, 3.63) is 88.4 Å². The first-order valence-corrected chi connectivity index (χ1v) is 14.3. The first-order valence-electron chi connectivity index (χ1n) is 12.5. The summed E-state index contributed by atoms with van der Waals surface area (Å²) in [4.78, 5) is 15.6. The highest BCUT2D eigenvalue weighted by Crippen LogP contribution is 2.39. The van der Waals surface area contributed by atoms with Crippen LogP contribution >= 0.6 is 11.6 Å². The van der Waals surface area contributed by atoms with Crippen molar-refractivity contribution >= 4 is 33.2 Å². The average molecular weight is 556 g/mol. The van der Waals surface area contributed by atoms with Crippen LogP contribution in [0.1, 0.15) is 16.7 Å². The number of carbonyl (C=O) groups is 1. The summed E-state index contributed by atoms with van der Waals surface area (Å²) in [5, 5.41) is 3.26. The highest BCUT2D eigenvalue weighted by Gasteiger charge is 2.37. The smallest absolute Gasteiger partial charge is 0.264 e. The molecule has 3 aromatic carbocycles. The molecule has 2 heterocycles. The summed E-state index contributed by atoms with van der Waals surface area (Å²) in [6.07, 6.45) is -1.02. The van der Waals surface area contributed by atoms with E-state index in [2.05, 4.69) is 22.3 Å². The standard InChI is InChI=1S/C28H30ClN3O5S/c1-20-2-9-24(10-3-20)38(34,35)32-19-27(37-26-11-8-23(29)16-25(26)32)28(33)30-17-21-4-6-22(7-5-21)18-31-12-14-36-15-13-31/h2-11,16,27H,12-15,17-19H2,1H3,(H,30,33)/t27-/m1/s1. The summed E-state index contributed by atoms with van der Waals surface area (Å²) in [6.45, 7) is 6.24. The van der Waals surface area contributed by atoms with Crippen LogP contribution in [0.4, 0.5) is 5.69 Å². The summed E-state index contributed by atoms with van der Waals surface area (Å²) in [7, 11) is -3.96. The Morgan fingerprint density at radius 2 is 1.68 bits per heavy atom. The topological polar surface area (TPSA) is 88.2 Å². The van der Waals surface area contributed by atoms with Gasteiger partial charge in [-0.25, -0.2) is 8.42 Å². The van der Waals surface area contributed by atoms with Crippen molar-refractivity contribution in [1.29, 1.82) is 0 Å². The SMILES string of the molecule is Cc1ccc(S(=O)(=O)N2C[C@H](C(=O)NCc3ccc(CN4CCOCC4)cc3)Oc3ccc(Cl)cc32)cc1. The molecular weight excluding hydrogens is 526 g/mol. The van der Waals surface area contributed by atoms with Gasteiger partial charge in [0, 0.05) is 31.2 Å². The Bertz CT molecular complexity index is 1390. The lowest BCUT2D eigenvalue weighted by Crippen LogP contribution is -2.50. The van der Waals surface area contributed by atoms with Gasteiger partial charge in [-0.2, -0.15) is 0 Å². The van der Waals surface area contributed by atoms with E-state index in [0.29, 0.717) is 17.3 Å². The summed E-state index contributed by atoms with van der Waals surface area (Å²) < 4.78 is 39.7. The lowest BCUT2D eigenvalue weighted by atomic mass is 10.1. The van der Waals surface area contributed by atoms with Crippen LogP contribution in [0, 0.1) is 6.92 Å². The van der Waals surface area contributed by atoms with E-state index >= 15 is 0 Å². The molecule has 0 unspecified atom stereocenters. The van der Waals surface area contributed by atoms with E-state index < -0.39 is 22.0 Å². The summed E-state index contributed by atoms with van der Waals surface area (Å²) in [6, 6.07) is 19.4. The second-order valence-corrected chi connectivity index (χ2v) is 11.8. The molecular formula is C28H30ClN3O5S. The number of sulfonamides is 1. The predicted molar refractivity (Wildman–Crippen MR) is 146 cm³/mol. The van der Waals surface area contributed by atoms with Gasteiger partial charge in [0.1, 0.15) is 5.75 Å². The number of anilines is 1. The van der Waals surface area contributed by atoms with Crippen LogP contribution in [0.2, 0.25) is 5.02 Å². The van der Waals surface area contributed by atoms with Gasteiger partial charge in [0.25, 0.3) is 15.9 Å². The minimum absolute atomic E-state index is 0.132. The Hall–Kier alpha value is -3.11. The third-order valence-electron chi connectivity index (χ3n) is 6.69. The number of amides is 1. The van der Waals surface area contributed by atoms with Crippen LogP contribution in [0.3, 0.4) is 0 Å². The number of nitrogens with zero attached hydrogens (tertiary/aromatic N) is 2. The number of rotatable bonds is 7. The molecule has 2 aliphatic rings.